The van der Waals surface area contributed by atoms with Crippen LogP contribution in [0.3, 0.4) is 0 Å². The maximum absolute atomic E-state index is 12.8. The van der Waals surface area contributed by atoms with Crippen LogP contribution in [0.1, 0.15) is 111 Å². The zero-order valence-corrected chi connectivity index (χ0v) is 27.4. The van der Waals surface area contributed by atoms with E-state index in [1.54, 1.807) is 31.9 Å². The quantitative estimate of drug-likeness (QED) is 0.158. The molecule has 0 radical (unpaired) electrons. The van der Waals surface area contributed by atoms with Gasteiger partial charge in [-0.15, -0.1) is 0 Å². The summed E-state index contributed by atoms with van der Waals surface area (Å²) >= 11 is 0. The zero-order valence-electron chi connectivity index (χ0n) is 27.4. The predicted molar refractivity (Wildman–Crippen MR) is 172 cm³/mol. The van der Waals surface area contributed by atoms with Crippen molar-refractivity contribution in [1.29, 1.82) is 0 Å². The molecule has 232 valence electrons. The molecule has 0 amide bonds. The molecule has 0 heterocycles. The minimum atomic E-state index is -0.263. The second-order valence-corrected chi connectivity index (χ2v) is 15.0. The number of esters is 1. The van der Waals surface area contributed by atoms with Crippen LogP contribution in [0.2, 0.25) is 0 Å². The first-order valence-electron chi connectivity index (χ1n) is 16.9. The second-order valence-electron chi connectivity index (χ2n) is 15.0. The lowest BCUT2D eigenvalue weighted by Crippen LogP contribution is -2.51. The minimum absolute atomic E-state index is 0.0279. The average molecular weight is 577 g/mol. The van der Waals surface area contributed by atoms with E-state index >= 15 is 0 Å². The maximum atomic E-state index is 12.8. The van der Waals surface area contributed by atoms with Crippen LogP contribution in [0.15, 0.2) is 35.9 Å². The molecule has 0 aromatic heterocycles. The molecular weight excluding hydrogens is 520 g/mol. The van der Waals surface area contributed by atoms with Crippen molar-refractivity contribution in [2.45, 2.75) is 111 Å². The van der Waals surface area contributed by atoms with Gasteiger partial charge >= 0.3 is 5.97 Å². The van der Waals surface area contributed by atoms with Crippen molar-refractivity contribution < 1.29 is 19.0 Å². The topological polar surface area (TPSA) is 44.8 Å². The van der Waals surface area contributed by atoms with Crippen molar-refractivity contribution in [1.82, 2.24) is 0 Å². The van der Waals surface area contributed by atoms with Crippen molar-refractivity contribution in [3.63, 3.8) is 0 Å². The first-order chi connectivity index (χ1) is 20.1. The largest absolute Gasteiger partial charge is 0.493 e. The van der Waals surface area contributed by atoms with Gasteiger partial charge < -0.3 is 14.2 Å². The molecule has 3 fully saturated rings. The molecule has 5 unspecified atom stereocenters. The molecule has 0 saturated heterocycles. The Morgan fingerprint density at radius 3 is 2.50 bits per heavy atom. The summed E-state index contributed by atoms with van der Waals surface area (Å²) in [6.07, 6.45) is 19.9. The normalized spacial score (nSPS) is 34.8. The lowest BCUT2D eigenvalue weighted by Gasteiger charge is -2.58. The molecule has 4 aliphatic carbocycles. The number of carbonyl (C=O) groups excluding carboxylic acids is 1. The van der Waals surface area contributed by atoms with Gasteiger partial charge in [-0.3, -0.25) is 0 Å². The first-order valence-corrected chi connectivity index (χ1v) is 16.9. The van der Waals surface area contributed by atoms with E-state index in [2.05, 4.69) is 40.7 Å². The number of rotatable bonds is 10. The Labute approximate surface area is 255 Å². The highest BCUT2D eigenvalue weighted by atomic mass is 16.5. The van der Waals surface area contributed by atoms with Crippen LogP contribution in [0.5, 0.6) is 11.5 Å². The fourth-order valence-electron chi connectivity index (χ4n) is 10.1. The van der Waals surface area contributed by atoms with Crippen LogP contribution < -0.4 is 9.47 Å². The highest BCUT2D eigenvalue weighted by Gasteiger charge is 2.59. The molecule has 4 nitrogen and oxygen atoms in total. The molecule has 42 heavy (non-hydrogen) atoms. The van der Waals surface area contributed by atoms with Crippen LogP contribution in [-0.2, 0) is 9.53 Å². The van der Waals surface area contributed by atoms with Gasteiger partial charge in [-0.25, -0.2) is 4.79 Å². The summed E-state index contributed by atoms with van der Waals surface area (Å²) in [5, 5.41) is 0. The van der Waals surface area contributed by atoms with Crippen molar-refractivity contribution in [3.8, 4) is 11.5 Å². The molecule has 4 heteroatoms. The van der Waals surface area contributed by atoms with E-state index in [0.717, 1.165) is 60.3 Å². The van der Waals surface area contributed by atoms with E-state index in [4.69, 9.17) is 14.2 Å². The van der Waals surface area contributed by atoms with Crippen LogP contribution in [0, 0.1) is 46.3 Å². The summed E-state index contributed by atoms with van der Waals surface area (Å²) in [5.41, 5.74) is 3.23. The van der Waals surface area contributed by atoms with E-state index < -0.39 is 0 Å². The van der Waals surface area contributed by atoms with Gasteiger partial charge in [0.25, 0.3) is 0 Å². The lowest BCUT2D eigenvalue weighted by molar-refractivity contribution is -0.145. The Bertz CT molecular complexity index is 1170. The molecule has 0 N–H and O–H groups in total. The van der Waals surface area contributed by atoms with E-state index in [9.17, 15) is 4.79 Å². The molecule has 3 saturated carbocycles. The highest BCUT2D eigenvalue weighted by molar-refractivity contribution is 5.87. The van der Waals surface area contributed by atoms with Crippen molar-refractivity contribution >= 4 is 12.0 Å². The number of hydrogen-bond acceptors (Lipinski definition) is 4. The van der Waals surface area contributed by atoms with Crippen molar-refractivity contribution in [3.05, 3.63) is 41.5 Å². The van der Waals surface area contributed by atoms with E-state index in [0.29, 0.717) is 16.9 Å². The highest BCUT2D eigenvalue weighted by Crippen LogP contribution is 2.67. The third-order valence-electron chi connectivity index (χ3n) is 12.4. The number of carbonyl (C=O) groups is 1. The lowest BCUT2D eigenvalue weighted by atomic mass is 9.47. The summed E-state index contributed by atoms with van der Waals surface area (Å²) in [4.78, 5) is 12.8. The van der Waals surface area contributed by atoms with Crippen LogP contribution >= 0.6 is 0 Å². The van der Waals surface area contributed by atoms with Crippen molar-refractivity contribution in [2.75, 3.05) is 14.2 Å². The van der Waals surface area contributed by atoms with Crippen molar-refractivity contribution in [2.24, 2.45) is 46.3 Å². The monoisotopic (exact) mass is 576 g/mol. The standard InChI is InChI=1S/C38H56O4/c1-25(2)9-8-10-26(3)31-15-16-32-30-14-13-28-24-29(19-21-37(28,4)33(30)20-22-38(31,32)5)42-36(39)18-12-27-11-17-34(40-6)35(23-27)41-7/h11-13,17-18,23,25-26,29-33H,8-10,14-16,19-22,24H2,1-7H3/t26?,29-,30?,31?,32?,33?,37-,38+/m0/s1. The smallest absolute Gasteiger partial charge is 0.331 e. The number of allylic oxidation sites excluding steroid dienone is 1. The summed E-state index contributed by atoms with van der Waals surface area (Å²) in [6.45, 7) is 12.5. The Hall–Kier alpha value is -2.23. The molecule has 8 atom stereocenters. The van der Waals surface area contributed by atoms with Crippen LogP contribution in [0.4, 0.5) is 0 Å². The minimum Gasteiger partial charge on any atom is -0.493 e. The molecule has 0 spiro atoms. The predicted octanol–water partition coefficient (Wildman–Crippen LogP) is 9.67. The Kier molecular flexibility index (Phi) is 9.50. The van der Waals surface area contributed by atoms with Gasteiger partial charge in [-0.2, -0.15) is 0 Å². The second kappa shape index (κ2) is 12.8. The zero-order chi connectivity index (χ0) is 30.1. The molecule has 0 bridgehead atoms. The summed E-state index contributed by atoms with van der Waals surface area (Å²) in [6, 6.07) is 5.63. The number of methoxy groups -OCH3 is 2. The van der Waals surface area contributed by atoms with Crippen LogP contribution in [0.25, 0.3) is 6.08 Å². The summed E-state index contributed by atoms with van der Waals surface area (Å²) in [7, 11) is 3.24. The first kappa shape index (κ1) is 31.2. The third kappa shape index (κ3) is 6.06. The SMILES string of the molecule is COc1ccc(C=CC(=O)O[C@H]2CC[C@@]3(C)C(=CCC4C5CCC(C(C)CCCC(C)C)[C@@]5(C)CCC43)C2)cc1OC. The molecule has 4 aliphatic rings. The van der Waals surface area contributed by atoms with Crippen LogP contribution in [-0.4, -0.2) is 26.3 Å². The number of ether oxygens (including phenoxy) is 3. The van der Waals surface area contributed by atoms with Gasteiger partial charge in [0.1, 0.15) is 6.10 Å². The van der Waals surface area contributed by atoms with Gasteiger partial charge in [0.15, 0.2) is 11.5 Å². The molecule has 1 aromatic carbocycles. The van der Waals surface area contributed by atoms with Gasteiger partial charge in [-0.05, 0) is 115 Å². The average Bonchev–Trinajstić information content (AvgIpc) is 3.33. The third-order valence-corrected chi connectivity index (χ3v) is 12.4. The number of benzene rings is 1. The molecular formula is C38H56O4. The maximum Gasteiger partial charge on any atom is 0.331 e. The van der Waals surface area contributed by atoms with E-state index in [1.165, 1.54) is 51.4 Å². The molecule has 0 aliphatic heterocycles. The van der Waals surface area contributed by atoms with Gasteiger partial charge in [0.2, 0.25) is 0 Å². The number of fused-ring (bicyclic) bond motifs is 5. The fraction of sp³-hybridized carbons (Fsp3) is 0.711. The van der Waals surface area contributed by atoms with E-state index in [-0.39, 0.29) is 17.5 Å². The van der Waals surface area contributed by atoms with Gasteiger partial charge in [-0.1, -0.05) is 71.6 Å². The molecule has 5 rings (SSSR count). The summed E-state index contributed by atoms with van der Waals surface area (Å²) in [5.74, 6) is 6.12. The van der Waals surface area contributed by atoms with E-state index in [1.807, 2.05) is 18.2 Å². The Morgan fingerprint density at radius 2 is 1.76 bits per heavy atom. The van der Waals surface area contributed by atoms with Gasteiger partial charge in [0.05, 0.1) is 14.2 Å². The molecule has 1 aromatic rings. The Morgan fingerprint density at radius 1 is 0.976 bits per heavy atom. The Balaban J connectivity index is 1.20. The van der Waals surface area contributed by atoms with Gasteiger partial charge in [0, 0.05) is 12.5 Å². The summed E-state index contributed by atoms with van der Waals surface area (Å²) < 4.78 is 16.7. The number of hydrogen-bond donors (Lipinski definition) is 0. The fourth-order valence-corrected chi connectivity index (χ4v) is 10.1.